The minimum atomic E-state index is -3.96. The highest BCUT2D eigenvalue weighted by Gasteiger charge is 2.18. The Morgan fingerprint density at radius 1 is 1.00 bits per heavy atom. The highest BCUT2D eigenvalue weighted by molar-refractivity contribution is 7.94. The van der Waals surface area contributed by atoms with Crippen molar-refractivity contribution < 1.29 is 17.6 Å². The fourth-order valence-electron chi connectivity index (χ4n) is 3.21. The van der Waals surface area contributed by atoms with E-state index in [9.17, 15) is 13.2 Å². The zero-order valence-electron chi connectivity index (χ0n) is 17.1. The number of furan rings is 1. The second-order valence-electron chi connectivity index (χ2n) is 7.01. The van der Waals surface area contributed by atoms with Gasteiger partial charge in [-0.15, -0.1) is 0 Å². The Bertz CT molecular complexity index is 1370. The lowest BCUT2D eigenvalue weighted by atomic mass is 10.1. The Morgan fingerprint density at radius 2 is 1.71 bits per heavy atom. The lowest BCUT2D eigenvalue weighted by Crippen LogP contribution is -2.12. The Morgan fingerprint density at radius 3 is 2.39 bits per heavy atom. The smallest absolute Gasteiger partial charge is 0.291 e. The number of sulfonamides is 1. The molecule has 9 heteroatoms. The Balaban J connectivity index is 1.52. The van der Waals surface area contributed by atoms with Crippen LogP contribution >= 0.6 is 0 Å². The van der Waals surface area contributed by atoms with E-state index in [1.807, 2.05) is 25.1 Å². The number of aryl methyl sites for hydroxylation is 3. The molecular formula is C22H19N4O4S-. The summed E-state index contributed by atoms with van der Waals surface area (Å²) >= 11 is 0. The summed E-state index contributed by atoms with van der Waals surface area (Å²) in [5, 5.41) is 3.59. The molecule has 0 saturated carbocycles. The van der Waals surface area contributed by atoms with Crippen LogP contribution in [-0.4, -0.2) is 24.3 Å². The standard InChI is InChI=1S/C22H20N4O4S/c1-13-12-20(24-15(3)23-13)26-31(28,29)17-10-8-16(9-11-17)25-22(27)21-14(2)18-6-4-5-7-19(18)30-21/h4-12H,1-3H3,(H2,23,24,25,26,27)/p-1. The average molecular weight is 435 g/mol. The quantitative estimate of drug-likeness (QED) is 0.481. The van der Waals surface area contributed by atoms with Crippen LogP contribution in [0.1, 0.15) is 27.6 Å². The number of amides is 1. The van der Waals surface area contributed by atoms with Gasteiger partial charge < -0.3 is 19.4 Å². The molecule has 4 aromatic rings. The van der Waals surface area contributed by atoms with Crippen LogP contribution in [0, 0.1) is 20.8 Å². The molecule has 1 N–H and O–H groups in total. The number of carbonyl (C=O) groups excluding carboxylic acids is 1. The van der Waals surface area contributed by atoms with Crippen molar-refractivity contribution in [3.63, 3.8) is 0 Å². The van der Waals surface area contributed by atoms with Gasteiger partial charge >= 0.3 is 0 Å². The summed E-state index contributed by atoms with van der Waals surface area (Å²) in [5.74, 6) is 0.305. The number of benzene rings is 2. The van der Waals surface area contributed by atoms with Crippen molar-refractivity contribution >= 4 is 38.4 Å². The molecule has 2 aromatic heterocycles. The second kappa shape index (κ2) is 7.84. The zero-order chi connectivity index (χ0) is 22.2. The number of aromatic nitrogens is 2. The molecule has 31 heavy (non-hydrogen) atoms. The van der Waals surface area contributed by atoms with Crippen molar-refractivity contribution in [2.45, 2.75) is 25.7 Å². The number of para-hydroxylation sites is 1. The van der Waals surface area contributed by atoms with Gasteiger partial charge in [0.25, 0.3) is 5.91 Å². The highest BCUT2D eigenvalue weighted by atomic mass is 32.2. The summed E-state index contributed by atoms with van der Waals surface area (Å²) in [6, 6.07) is 14.6. The van der Waals surface area contributed by atoms with Crippen molar-refractivity contribution in [2.75, 3.05) is 5.32 Å². The van der Waals surface area contributed by atoms with Crippen LogP contribution in [0.15, 0.2) is 63.9 Å². The minimum Gasteiger partial charge on any atom is -0.451 e. The summed E-state index contributed by atoms with van der Waals surface area (Å²) in [7, 11) is -3.96. The van der Waals surface area contributed by atoms with E-state index in [2.05, 4.69) is 20.0 Å². The number of nitrogens with zero attached hydrogens (tertiary/aromatic N) is 3. The van der Waals surface area contributed by atoms with Gasteiger partial charge in [-0.05, 0) is 63.0 Å². The molecule has 4 rings (SSSR count). The number of carbonyl (C=O) groups is 1. The SMILES string of the molecule is Cc1cc([N-]S(=O)(=O)c2ccc(NC(=O)c3oc4ccccc4c3C)cc2)nc(C)n1. The second-order valence-corrected chi connectivity index (χ2v) is 8.62. The maximum atomic E-state index is 12.6. The molecule has 0 atom stereocenters. The first-order chi connectivity index (χ1) is 14.7. The predicted octanol–water partition coefficient (Wildman–Crippen LogP) is 4.79. The van der Waals surface area contributed by atoms with Crippen LogP contribution in [-0.2, 0) is 10.0 Å². The monoisotopic (exact) mass is 435 g/mol. The summed E-state index contributed by atoms with van der Waals surface area (Å²) in [4.78, 5) is 20.8. The fourth-order valence-corrected chi connectivity index (χ4v) is 4.13. The van der Waals surface area contributed by atoms with Crippen LogP contribution in [0.3, 0.4) is 0 Å². The minimum absolute atomic E-state index is 0.0145. The summed E-state index contributed by atoms with van der Waals surface area (Å²) in [6.45, 7) is 5.22. The number of hydrogen-bond acceptors (Lipinski definition) is 6. The Hall–Kier alpha value is -3.72. The van der Waals surface area contributed by atoms with E-state index in [0.29, 0.717) is 22.8 Å². The fraction of sp³-hybridized carbons (Fsp3) is 0.136. The number of anilines is 1. The van der Waals surface area contributed by atoms with Gasteiger partial charge in [0.15, 0.2) is 5.76 Å². The van der Waals surface area contributed by atoms with Gasteiger partial charge in [0, 0.05) is 28.2 Å². The third-order valence-electron chi connectivity index (χ3n) is 4.63. The average Bonchev–Trinajstić information content (AvgIpc) is 3.04. The number of fused-ring (bicyclic) bond motifs is 1. The van der Waals surface area contributed by atoms with Gasteiger partial charge in [-0.3, -0.25) is 9.78 Å². The maximum Gasteiger partial charge on any atom is 0.291 e. The number of nitrogens with one attached hydrogen (secondary N) is 1. The largest absolute Gasteiger partial charge is 0.451 e. The normalized spacial score (nSPS) is 11.5. The van der Waals surface area contributed by atoms with Gasteiger partial charge in [-0.25, -0.2) is 8.42 Å². The van der Waals surface area contributed by atoms with Gasteiger partial charge in [0.1, 0.15) is 5.58 Å². The first-order valence-corrected chi connectivity index (χ1v) is 10.9. The lowest BCUT2D eigenvalue weighted by molar-refractivity contribution is 0.0998. The number of rotatable bonds is 5. The van der Waals surface area contributed by atoms with Crippen molar-refractivity contribution in [3.05, 3.63) is 82.2 Å². The van der Waals surface area contributed by atoms with Gasteiger partial charge in [0.2, 0.25) is 10.0 Å². The molecule has 1 amide bonds. The first-order valence-electron chi connectivity index (χ1n) is 9.43. The zero-order valence-corrected chi connectivity index (χ0v) is 17.9. The highest BCUT2D eigenvalue weighted by Crippen LogP contribution is 2.28. The molecule has 2 heterocycles. The van der Waals surface area contributed by atoms with Gasteiger partial charge in [0.05, 0.1) is 4.90 Å². The van der Waals surface area contributed by atoms with Crippen LogP contribution in [0.5, 0.6) is 0 Å². The molecule has 0 spiro atoms. The van der Waals surface area contributed by atoms with E-state index in [4.69, 9.17) is 4.42 Å². The Kier molecular flexibility index (Phi) is 5.20. The summed E-state index contributed by atoms with van der Waals surface area (Å²) < 4.78 is 34.6. The summed E-state index contributed by atoms with van der Waals surface area (Å²) in [6.07, 6.45) is 0. The molecule has 0 radical (unpaired) electrons. The van der Waals surface area contributed by atoms with Crippen LogP contribution < -0.4 is 5.32 Å². The van der Waals surface area contributed by atoms with E-state index < -0.39 is 15.9 Å². The van der Waals surface area contributed by atoms with E-state index in [1.54, 1.807) is 19.9 Å². The molecule has 0 saturated heterocycles. The van der Waals surface area contributed by atoms with Gasteiger partial charge in [-0.1, -0.05) is 18.2 Å². The molecule has 0 aliphatic heterocycles. The first kappa shape index (κ1) is 20.5. The molecule has 0 fully saturated rings. The lowest BCUT2D eigenvalue weighted by Gasteiger charge is -2.17. The predicted molar refractivity (Wildman–Crippen MR) is 117 cm³/mol. The third kappa shape index (κ3) is 4.26. The molecule has 0 unspecified atom stereocenters. The van der Waals surface area contributed by atoms with E-state index in [1.165, 1.54) is 30.3 Å². The van der Waals surface area contributed by atoms with Crippen molar-refractivity contribution in [3.8, 4) is 0 Å². The van der Waals surface area contributed by atoms with E-state index in [-0.39, 0.29) is 16.5 Å². The van der Waals surface area contributed by atoms with Gasteiger partial charge in [-0.2, -0.15) is 0 Å². The molecule has 2 aromatic carbocycles. The van der Waals surface area contributed by atoms with Crippen LogP contribution in [0.25, 0.3) is 15.7 Å². The number of hydrogen-bond donors (Lipinski definition) is 1. The molecule has 0 aliphatic rings. The molecule has 158 valence electrons. The summed E-state index contributed by atoms with van der Waals surface area (Å²) in [5.41, 5.74) is 2.42. The Labute approximate surface area is 179 Å². The van der Waals surface area contributed by atoms with Crippen LogP contribution in [0.4, 0.5) is 11.5 Å². The molecule has 0 aliphatic carbocycles. The van der Waals surface area contributed by atoms with E-state index >= 15 is 0 Å². The molecule has 0 bridgehead atoms. The third-order valence-corrected chi connectivity index (χ3v) is 5.92. The maximum absolute atomic E-state index is 12.6. The van der Waals surface area contributed by atoms with Crippen LogP contribution in [0.2, 0.25) is 0 Å². The molecule has 8 nitrogen and oxygen atoms in total. The van der Waals surface area contributed by atoms with Crippen molar-refractivity contribution in [1.29, 1.82) is 0 Å². The van der Waals surface area contributed by atoms with Crippen molar-refractivity contribution in [2.24, 2.45) is 0 Å². The topological polar surface area (TPSA) is 116 Å². The van der Waals surface area contributed by atoms with E-state index in [0.717, 1.165) is 10.9 Å². The molecular weight excluding hydrogens is 416 g/mol. The van der Waals surface area contributed by atoms with Crippen molar-refractivity contribution in [1.82, 2.24) is 9.97 Å².